The summed E-state index contributed by atoms with van der Waals surface area (Å²) in [4.78, 5) is 16.5. The Morgan fingerprint density at radius 1 is 1.24 bits per heavy atom. The van der Waals surface area contributed by atoms with Gasteiger partial charge in [-0.1, -0.05) is 24.3 Å². The number of nitrogens with zero attached hydrogens (tertiary/aromatic N) is 5. The van der Waals surface area contributed by atoms with Crippen LogP contribution < -0.4 is 16.4 Å². The number of fused-ring (bicyclic) bond motifs is 1. The fraction of sp³-hybridized carbons (Fsp3) is 0.261. The maximum atomic E-state index is 11.8. The lowest BCUT2D eigenvalue weighted by atomic mass is 10.1. The Hall–Kier alpha value is -4.27. The molecule has 0 aliphatic rings. The van der Waals surface area contributed by atoms with Crippen LogP contribution in [0.2, 0.25) is 0 Å². The van der Waals surface area contributed by atoms with Crippen molar-refractivity contribution < 1.29 is 14.5 Å². The molecule has 0 fully saturated rings. The van der Waals surface area contributed by atoms with Gasteiger partial charge in [0.05, 0.1) is 42.2 Å². The van der Waals surface area contributed by atoms with Gasteiger partial charge in [0.25, 0.3) is 0 Å². The van der Waals surface area contributed by atoms with Crippen molar-refractivity contribution in [1.82, 2.24) is 19.9 Å². The van der Waals surface area contributed by atoms with Crippen molar-refractivity contribution in [3.63, 3.8) is 0 Å². The van der Waals surface area contributed by atoms with Gasteiger partial charge in [-0.25, -0.2) is 9.61 Å². The summed E-state index contributed by atoms with van der Waals surface area (Å²) in [5.74, 6) is 0.556. The quantitative estimate of drug-likeness (QED) is 0.274. The summed E-state index contributed by atoms with van der Waals surface area (Å²) >= 11 is 0. The van der Waals surface area contributed by atoms with Gasteiger partial charge in [0, 0.05) is 12.2 Å². The van der Waals surface area contributed by atoms with Crippen molar-refractivity contribution in [3.8, 4) is 17.6 Å². The molecule has 4 aromatic rings. The molecule has 11 nitrogen and oxygen atoms in total. The molecule has 0 aliphatic heterocycles. The minimum absolute atomic E-state index is 0.186. The average molecular weight is 460 g/mol. The third-order valence-electron chi connectivity index (χ3n) is 5.22. The summed E-state index contributed by atoms with van der Waals surface area (Å²) < 4.78 is 6.78. The first kappa shape index (κ1) is 22.9. The van der Waals surface area contributed by atoms with Crippen LogP contribution in [0.3, 0.4) is 0 Å². The van der Waals surface area contributed by atoms with E-state index in [2.05, 4.69) is 32.0 Å². The van der Waals surface area contributed by atoms with Gasteiger partial charge in [-0.3, -0.25) is 4.79 Å². The van der Waals surface area contributed by atoms with E-state index in [-0.39, 0.29) is 12.5 Å². The number of benzene rings is 2. The summed E-state index contributed by atoms with van der Waals surface area (Å²) in [5, 5.41) is 33.5. The number of hydrogen-bond acceptors (Lipinski definition) is 9. The largest absolute Gasteiger partial charge is 0.387 e. The molecule has 0 bridgehead atoms. The molecule has 0 radical (unpaired) electrons. The Balaban J connectivity index is 1.62. The van der Waals surface area contributed by atoms with Crippen LogP contribution >= 0.6 is 0 Å². The van der Waals surface area contributed by atoms with Crippen LogP contribution in [0.1, 0.15) is 25.0 Å². The molecule has 0 saturated heterocycles. The smallest absolute Gasteiger partial charge is 0.240 e. The molecule has 2 atom stereocenters. The lowest BCUT2D eigenvalue weighted by molar-refractivity contribution is -0.117. The van der Waals surface area contributed by atoms with Gasteiger partial charge in [-0.2, -0.15) is 5.26 Å². The average Bonchev–Trinajstić information content (AvgIpc) is 3.44. The van der Waals surface area contributed by atoms with E-state index in [1.807, 2.05) is 28.8 Å². The first-order valence-corrected chi connectivity index (χ1v) is 10.7. The van der Waals surface area contributed by atoms with Gasteiger partial charge >= 0.3 is 0 Å². The first-order chi connectivity index (χ1) is 16.5. The molecule has 0 spiro atoms. The van der Waals surface area contributed by atoms with Crippen LogP contribution in [0.15, 0.2) is 53.2 Å². The second-order valence-electron chi connectivity index (χ2n) is 7.75. The number of carbonyl (C=O) groups is 1. The Bertz CT molecular complexity index is 1320. The molecular formula is C23H24N8O3. The number of imidazole rings is 1. The fourth-order valence-electron chi connectivity index (χ4n) is 3.45. The van der Waals surface area contributed by atoms with Crippen molar-refractivity contribution in [1.29, 1.82) is 5.26 Å². The van der Waals surface area contributed by atoms with E-state index < -0.39 is 12.1 Å². The zero-order valence-corrected chi connectivity index (χ0v) is 18.5. The molecule has 1 amide bonds. The summed E-state index contributed by atoms with van der Waals surface area (Å²) in [7, 11) is 0. The summed E-state index contributed by atoms with van der Waals surface area (Å²) in [6.45, 7) is 2.17. The van der Waals surface area contributed by atoms with Crippen molar-refractivity contribution in [2.75, 3.05) is 17.2 Å². The lowest BCUT2D eigenvalue weighted by Crippen LogP contribution is -2.32. The number of hydrogen-bond donors (Lipinski definition) is 4. The topological polar surface area (TPSA) is 168 Å². The second-order valence-corrected chi connectivity index (χ2v) is 7.75. The van der Waals surface area contributed by atoms with E-state index in [9.17, 15) is 9.90 Å². The van der Waals surface area contributed by atoms with E-state index in [1.54, 1.807) is 31.2 Å². The highest BCUT2D eigenvalue weighted by Crippen LogP contribution is 2.30. The van der Waals surface area contributed by atoms with Crippen LogP contribution in [0.5, 0.6) is 0 Å². The van der Waals surface area contributed by atoms with Crippen molar-refractivity contribution in [3.05, 3.63) is 54.1 Å². The number of aromatic nitrogens is 4. The normalized spacial score (nSPS) is 12.8. The molecule has 5 N–H and O–H groups in total. The number of anilines is 2. The van der Waals surface area contributed by atoms with E-state index in [0.717, 1.165) is 11.0 Å². The zero-order valence-electron chi connectivity index (χ0n) is 18.5. The summed E-state index contributed by atoms with van der Waals surface area (Å²) in [5.41, 5.74) is 8.76. The minimum atomic E-state index is -0.871. The van der Waals surface area contributed by atoms with Gasteiger partial charge in [-0.15, -0.1) is 0 Å². The fourth-order valence-corrected chi connectivity index (χ4v) is 3.45. The van der Waals surface area contributed by atoms with Gasteiger partial charge in [0.15, 0.2) is 11.5 Å². The molecule has 0 aliphatic carbocycles. The van der Waals surface area contributed by atoms with E-state index in [0.29, 0.717) is 41.6 Å². The Morgan fingerprint density at radius 2 is 2.00 bits per heavy atom. The Morgan fingerprint density at radius 3 is 2.74 bits per heavy atom. The maximum Gasteiger partial charge on any atom is 0.240 e. The lowest BCUT2D eigenvalue weighted by Gasteiger charge is -2.15. The standard InChI is InChI=1S/C23H24N8O3/c1-14(25)23(33)27-16-9-7-15(8-10-16)19(32)13-31-18-6-3-2-5-17(18)28-22(31)20-21(30-34-29-20)26-12-4-11-24/h2-3,5-10,14,19,32H,4,12-13,25H2,1H3,(H,26,30)(H,27,33)/t14-,19?/m0/s1. The van der Waals surface area contributed by atoms with Crippen LogP contribution in [-0.2, 0) is 11.3 Å². The van der Waals surface area contributed by atoms with E-state index >= 15 is 0 Å². The van der Waals surface area contributed by atoms with Gasteiger partial charge in [0.2, 0.25) is 11.7 Å². The van der Waals surface area contributed by atoms with E-state index in [4.69, 9.17) is 15.6 Å². The van der Waals surface area contributed by atoms with Gasteiger partial charge in [-0.05, 0) is 47.1 Å². The SMILES string of the molecule is C[C@H](N)C(=O)Nc1ccc(C(O)Cn2c(-c3nonc3NCCC#N)nc3ccccc32)cc1. The highest BCUT2D eigenvalue weighted by molar-refractivity contribution is 5.94. The molecule has 2 aromatic heterocycles. The first-order valence-electron chi connectivity index (χ1n) is 10.7. The van der Waals surface area contributed by atoms with E-state index in [1.165, 1.54) is 0 Å². The number of amides is 1. The van der Waals surface area contributed by atoms with Crippen LogP contribution in [0.25, 0.3) is 22.6 Å². The predicted octanol–water partition coefficient (Wildman–Crippen LogP) is 2.43. The number of aliphatic hydroxyl groups is 1. The number of nitriles is 1. The molecular weight excluding hydrogens is 436 g/mol. The summed E-state index contributed by atoms with van der Waals surface area (Å²) in [6, 6.07) is 15.9. The molecule has 11 heteroatoms. The Labute approximate surface area is 195 Å². The number of carbonyl (C=O) groups excluding carboxylic acids is 1. The van der Waals surface area contributed by atoms with Crippen molar-refractivity contribution >= 4 is 28.4 Å². The molecule has 174 valence electrons. The van der Waals surface area contributed by atoms with Gasteiger partial charge in [0.1, 0.15) is 0 Å². The maximum absolute atomic E-state index is 11.8. The van der Waals surface area contributed by atoms with Crippen LogP contribution in [0.4, 0.5) is 11.5 Å². The van der Waals surface area contributed by atoms with Gasteiger partial charge < -0.3 is 26.0 Å². The number of rotatable bonds is 9. The van der Waals surface area contributed by atoms with Crippen molar-refractivity contribution in [2.24, 2.45) is 5.73 Å². The summed E-state index contributed by atoms with van der Waals surface area (Å²) in [6.07, 6.45) is -0.577. The minimum Gasteiger partial charge on any atom is -0.387 e. The molecule has 34 heavy (non-hydrogen) atoms. The monoisotopic (exact) mass is 460 g/mol. The molecule has 1 unspecified atom stereocenters. The molecule has 0 saturated carbocycles. The third-order valence-corrected chi connectivity index (χ3v) is 5.22. The predicted molar refractivity (Wildman–Crippen MR) is 125 cm³/mol. The number of para-hydroxylation sites is 2. The zero-order chi connectivity index (χ0) is 24.1. The number of nitrogens with one attached hydrogen (secondary N) is 2. The molecule has 4 rings (SSSR count). The molecule has 2 aromatic carbocycles. The third kappa shape index (κ3) is 4.88. The highest BCUT2D eigenvalue weighted by Gasteiger charge is 2.22. The second kappa shape index (κ2) is 10.1. The number of aliphatic hydroxyl groups excluding tert-OH is 1. The van der Waals surface area contributed by atoms with Crippen LogP contribution in [-0.4, -0.2) is 43.5 Å². The Kier molecular flexibility index (Phi) is 6.82. The van der Waals surface area contributed by atoms with Crippen LogP contribution in [0, 0.1) is 11.3 Å². The van der Waals surface area contributed by atoms with Crippen molar-refractivity contribution in [2.45, 2.75) is 32.0 Å². The number of nitrogens with two attached hydrogens (primary N) is 1. The highest BCUT2D eigenvalue weighted by atomic mass is 16.6. The molecule has 2 heterocycles.